The van der Waals surface area contributed by atoms with Gasteiger partial charge in [0.1, 0.15) is 6.10 Å². The number of benzene rings is 2. The van der Waals surface area contributed by atoms with Gasteiger partial charge in [-0.05, 0) is 91.2 Å². The fourth-order valence-corrected chi connectivity index (χ4v) is 5.54. The SMILES string of the molecule is O=C(NC1CCc2ccc(-c3cc(Cl)cc(Cl)c3)cc21)O[C@H]1CN2CCC1CC2. The topological polar surface area (TPSA) is 41.6 Å². The van der Waals surface area contributed by atoms with Gasteiger partial charge in [0.25, 0.3) is 0 Å². The minimum absolute atomic E-state index is 0.0202. The highest BCUT2D eigenvalue weighted by molar-refractivity contribution is 6.35. The molecule has 0 saturated carbocycles. The molecule has 3 saturated heterocycles. The zero-order valence-electron chi connectivity index (χ0n) is 16.2. The Labute approximate surface area is 181 Å². The van der Waals surface area contributed by atoms with Gasteiger partial charge >= 0.3 is 6.09 Å². The molecule has 4 aliphatic rings. The average molecular weight is 431 g/mol. The zero-order chi connectivity index (χ0) is 20.0. The molecule has 3 heterocycles. The monoisotopic (exact) mass is 430 g/mol. The molecule has 3 aliphatic heterocycles. The molecule has 1 amide bonds. The summed E-state index contributed by atoms with van der Waals surface area (Å²) in [5.74, 6) is 0.515. The van der Waals surface area contributed by atoms with E-state index in [4.69, 9.17) is 27.9 Å². The molecule has 152 valence electrons. The molecule has 1 aliphatic carbocycles. The minimum atomic E-state index is -0.294. The molecule has 4 nitrogen and oxygen atoms in total. The molecule has 1 N–H and O–H groups in total. The molecule has 2 aromatic carbocycles. The van der Waals surface area contributed by atoms with Crippen molar-refractivity contribution >= 4 is 29.3 Å². The van der Waals surface area contributed by atoms with E-state index in [2.05, 4.69) is 28.4 Å². The second-order valence-corrected chi connectivity index (χ2v) is 9.26. The van der Waals surface area contributed by atoms with E-state index in [1.165, 1.54) is 5.56 Å². The number of aryl methyl sites for hydroxylation is 1. The molecule has 0 radical (unpaired) electrons. The summed E-state index contributed by atoms with van der Waals surface area (Å²) in [5, 5.41) is 4.34. The van der Waals surface area contributed by atoms with E-state index in [0.717, 1.165) is 62.0 Å². The summed E-state index contributed by atoms with van der Waals surface area (Å²) in [6.45, 7) is 3.15. The lowest BCUT2D eigenvalue weighted by Gasteiger charge is -2.43. The van der Waals surface area contributed by atoms with Gasteiger partial charge < -0.3 is 10.1 Å². The van der Waals surface area contributed by atoms with E-state index in [1.54, 1.807) is 6.07 Å². The normalized spacial score (nSPS) is 27.5. The number of amides is 1. The average Bonchev–Trinajstić information content (AvgIpc) is 3.10. The molecular weight excluding hydrogens is 407 g/mol. The lowest BCUT2D eigenvalue weighted by molar-refractivity contribution is -0.0339. The Kier molecular flexibility index (Phi) is 5.19. The number of hydrogen-bond acceptors (Lipinski definition) is 3. The van der Waals surface area contributed by atoms with Crippen molar-refractivity contribution in [2.45, 2.75) is 37.8 Å². The van der Waals surface area contributed by atoms with Gasteiger partial charge in [-0.25, -0.2) is 4.79 Å². The lowest BCUT2D eigenvalue weighted by atomic mass is 9.86. The highest BCUT2D eigenvalue weighted by atomic mass is 35.5. The number of carbonyl (C=O) groups is 1. The van der Waals surface area contributed by atoms with Crippen LogP contribution in [0.5, 0.6) is 0 Å². The standard InChI is InChI=1S/C23H24Cl2N2O2/c24-18-9-17(10-19(25)12-18)16-2-1-14-3-4-21(20(14)11-16)26-23(28)29-22-13-27-7-5-15(22)6-8-27/h1-2,9-12,15,21-22H,3-8,13H2,(H,26,28)/t21?,22-/m0/s1. The maximum atomic E-state index is 12.6. The highest BCUT2D eigenvalue weighted by Gasteiger charge is 2.37. The van der Waals surface area contributed by atoms with Crippen LogP contribution in [-0.4, -0.2) is 36.7 Å². The van der Waals surface area contributed by atoms with E-state index >= 15 is 0 Å². The summed E-state index contributed by atoms with van der Waals surface area (Å²) in [4.78, 5) is 15.0. The van der Waals surface area contributed by atoms with Gasteiger partial charge in [-0.3, -0.25) is 4.90 Å². The smallest absolute Gasteiger partial charge is 0.407 e. The summed E-state index contributed by atoms with van der Waals surface area (Å²) >= 11 is 12.3. The van der Waals surface area contributed by atoms with Crippen LogP contribution in [0.1, 0.15) is 36.4 Å². The van der Waals surface area contributed by atoms with Crippen LogP contribution in [0.25, 0.3) is 11.1 Å². The van der Waals surface area contributed by atoms with Gasteiger partial charge in [-0.2, -0.15) is 0 Å². The molecule has 0 aromatic heterocycles. The second-order valence-electron chi connectivity index (χ2n) is 8.39. The van der Waals surface area contributed by atoms with Gasteiger partial charge in [0.2, 0.25) is 0 Å². The Morgan fingerprint density at radius 2 is 1.76 bits per heavy atom. The van der Waals surface area contributed by atoms with Crippen molar-refractivity contribution in [3.63, 3.8) is 0 Å². The van der Waals surface area contributed by atoms with E-state index in [-0.39, 0.29) is 18.2 Å². The molecule has 6 rings (SSSR count). The van der Waals surface area contributed by atoms with Gasteiger partial charge in [0.15, 0.2) is 0 Å². The van der Waals surface area contributed by atoms with Crippen LogP contribution in [0.15, 0.2) is 36.4 Å². The summed E-state index contributed by atoms with van der Waals surface area (Å²) in [6, 6.07) is 11.9. The molecule has 29 heavy (non-hydrogen) atoms. The van der Waals surface area contributed by atoms with Crippen LogP contribution in [0.4, 0.5) is 4.79 Å². The number of halogens is 2. The number of hydrogen-bond donors (Lipinski definition) is 1. The second kappa shape index (κ2) is 7.82. The number of rotatable bonds is 3. The molecule has 2 aromatic rings. The molecule has 6 heteroatoms. The first-order chi connectivity index (χ1) is 14.0. The number of ether oxygens (including phenoxy) is 1. The minimum Gasteiger partial charge on any atom is -0.445 e. The van der Waals surface area contributed by atoms with Crippen molar-refractivity contribution in [1.29, 1.82) is 0 Å². The summed E-state index contributed by atoms with van der Waals surface area (Å²) < 4.78 is 5.82. The third-order valence-corrected chi connectivity index (χ3v) is 7.00. The Hall–Kier alpha value is -1.75. The van der Waals surface area contributed by atoms with Gasteiger partial charge in [-0.15, -0.1) is 0 Å². The number of fused-ring (bicyclic) bond motifs is 4. The molecule has 0 spiro atoms. The van der Waals surface area contributed by atoms with Crippen molar-refractivity contribution in [3.8, 4) is 11.1 Å². The van der Waals surface area contributed by atoms with Crippen molar-refractivity contribution in [1.82, 2.24) is 10.2 Å². The number of alkyl carbamates (subject to hydrolysis) is 1. The Morgan fingerprint density at radius 3 is 2.45 bits per heavy atom. The number of carbonyl (C=O) groups excluding carboxylic acids is 1. The first-order valence-corrected chi connectivity index (χ1v) is 11.1. The Morgan fingerprint density at radius 1 is 1.00 bits per heavy atom. The maximum Gasteiger partial charge on any atom is 0.407 e. The fourth-order valence-electron chi connectivity index (χ4n) is 5.01. The quantitative estimate of drug-likeness (QED) is 0.701. The number of nitrogens with zero attached hydrogens (tertiary/aromatic N) is 1. The van der Waals surface area contributed by atoms with Crippen LogP contribution in [0, 0.1) is 5.92 Å². The van der Waals surface area contributed by atoms with Gasteiger partial charge in [0.05, 0.1) is 6.04 Å². The Bertz CT molecular complexity index is 920. The van der Waals surface area contributed by atoms with Crippen molar-refractivity contribution in [3.05, 3.63) is 57.6 Å². The first-order valence-electron chi connectivity index (χ1n) is 10.3. The summed E-state index contributed by atoms with van der Waals surface area (Å²) in [7, 11) is 0. The first kappa shape index (κ1) is 19.2. The molecular formula is C23H24Cl2N2O2. The van der Waals surface area contributed by atoms with Crippen LogP contribution >= 0.6 is 23.2 Å². The molecule has 1 unspecified atom stereocenters. The van der Waals surface area contributed by atoms with Crippen LogP contribution < -0.4 is 5.32 Å². The maximum absolute atomic E-state index is 12.6. The van der Waals surface area contributed by atoms with Crippen molar-refractivity contribution < 1.29 is 9.53 Å². The number of piperidine rings is 3. The zero-order valence-corrected chi connectivity index (χ0v) is 17.7. The van der Waals surface area contributed by atoms with Crippen molar-refractivity contribution in [2.75, 3.05) is 19.6 Å². The van der Waals surface area contributed by atoms with Crippen LogP contribution in [-0.2, 0) is 11.2 Å². The highest BCUT2D eigenvalue weighted by Crippen LogP contribution is 2.36. The molecule has 2 bridgehead atoms. The van der Waals surface area contributed by atoms with Gasteiger partial charge in [0, 0.05) is 16.6 Å². The van der Waals surface area contributed by atoms with E-state index < -0.39 is 0 Å². The summed E-state index contributed by atoms with van der Waals surface area (Å²) in [6.07, 6.45) is 3.85. The summed E-state index contributed by atoms with van der Waals surface area (Å²) in [5.41, 5.74) is 4.46. The van der Waals surface area contributed by atoms with Crippen LogP contribution in [0.2, 0.25) is 10.0 Å². The third kappa shape index (κ3) is 3.98. The van der Waals surface area contributed by atoms with Gasteiger partial charge in [-0.1, -0.05) is 35.3 Å². The third-order valence-electron chi connectivity index (χ3n) is 6.57. The van der Waals surface area contributed by atoms with Crippen molar-refractivity contribution in [2.24, 2.45) is 5.92 Å². The number of nitrogens with one attached hydrogen (secondary N) is 1. The fraction of sp³-hybridized carbons (Fsp3) is 0.435. The van der Waals surface area contributed by atoms with Crippen LogP contribution in [0.3, 0.4) is 0 Å². The van der Waals surface area contributed by atoms with E-state index in [0.29, 0.717) is 16.0 Å². The van der Waals surface area contributed by atoms with E-state index in [1.807, 2.05) is 12.1 Å². The lowest BCUT2D eigenvalue weighted by Crippen LogP contribution is -2.52. The predicted molar refractivity (Wildman–Crippen MR) is 116 cm³/mol. The molecule has 3 fully saturated rings. The predicted octanol–water partition coefficient (Wildman–Crippen LogP) is 5.47. The largest absolute Gasteiger partial charge is 0.445 e. The molecule has 2 atom stereocenters. The van der Waals surface area contributed by atoms with E-state index in [9.17, 15) is 4.79 Å². The Balaban J connectivity index is 1.30.